The number of ketones is 1. The van der Waals surface area contributed by atoms with Crippen LogP contribution in [0.15, 0.2) is 36.4 Å². The minimum Gasteiger partial charge on any atom is -0.294 e. The zero-order valence-corrected chi connectivity index (χ0v) is 12.2. The van der Waals surface area contributed by atoms with Crippen molar-refractivity contribution in [2.75, 3.05) is 0 Å². The van der Waals surface area contributed by atoms with Gasteiger partial charge < -0.3 is 0 Å². The first-order chi connectivity index (χ1) is 9.56. The number of benzene rings is 2. The molecule has 0 amide bonds. The Hall–Kier alpha value is -1.96. The topological polar surface area (TPSA) is 17.1 Å². The van der Waals surface area contributed by atoms with Crippen LogP contribution >= 0.6 is 0 Å². The van der Waals surface area contributed by atoms with Gasteiger partial charge in [0, 0.05) is 5.56 Å². The molecule has 20 heavy (non-hydrogen) atoms. The van der Waals surface area contributed by atoms with E-state index >= 15 is 0 Å². The largest absolute Gasteiger partial charge is 0.294 e. The first-order valence-electron chi connectivity index (χ1n) is 6.99. The van der Waals surface area contributed by atoms with Crippen molar-refractivity contribution in [2.45, 2.75) is 33.6 Å². The van der Waals surface area contributed by atoms with E-state index in [9.17, 15) is 9.18 Å². The van der Waals surface area contributed by atoms with Crippen molar-refractivity contribution in [3.05, 3.63) is 58.9 Å². The van der Waals surface area contributed by atoms with E-state index in [4.69, 9.17) is 0 Å². The number of hydrogen-bond acceptors (Lipinski definition) is 1. The van der Waals surface area contributed by atoms with Crippen LogP contribution in [0.25, 0.3) is 11.1 Å². The van der Waals surface area contributed by atoms with Gasteiger partial charge in [-0.25, -0.2) is 4.39 Å². The summed E-state index contributed by atoms with van der Waals surface area (Å²) in [7, 11) is 0. The van der Waals surface area contributed by atoms with Crippen LogP contribution in [0.3, 0.4) is 0 Å². The van der Waals surface area contributed by atoms with Gasteiger partial charge in [-0.3, -0.25) is 4.79 Å². The first-order valence-corrected chi connectivity index (χ1v) is 6.99. The molecule has 0 heterocycles. The van der Waals surface area contributed by atoms with Crippen LogP contribution in [-0.4, -0.2) is 5.78 Å². The monoisotopic (exact) mass is 270 g/mol. The van der Waals surface area contributed by atoms with Gasteiger partial charge in [-0.05, 0) is 60.2 Å². The van der Waals surface area contributed by atoms with Crippen LogP contribution in [0.1, 0.15) is 42.3 Å². The van der Waals surface area contributed by atoms with Gasteiger partial charge in [-0.15, -0.1) is 0 Å². The third-order valence-corrected chi connectivity index (χ3v) is 3.64. The zero-order chi connectivity index (χ0) is 14.7. The van der Waals surface area contributed by atoms with Crippen molar-refractivity contribution in [1.82, 2.24) is 0 Å². The standard InChI is InChI=1S/C18H19FO/c1-4-13-6-7-15(10-14(13)5-2)18-11-16(19)8-9-17(18)12(3)20/h6-11H,4-5H2,1-3H3. The molecule has 1 nitrogen and oxygen atoms in total. The Morgan fingerprint density at radius 2 is 1.70 bits per heavy atom. The summed E-state index contributed by atoms with van der Waals surface area (Å²) in [5, 5.41) is 0. The van der Waals surface area contributed by atoms with Gasteiger partial charge in [0.2, 0.25) is 0 Å². The van der Waals surface area contributed by atoms with Crippen molar-refractivity contribution in [3.63, 3.8) is 0 Å². The summed E-state index contributed by atoms with van der Waals surface area (Å²) < 4.78 is 13.5. The molecule has 0 bridgehead atoms. The maximum Gasteiger partial charge on any atom is 0.160 e. The number of hydrogen-bond donors (Lipinski definition) is 0. The van der Waals surface area contributed by atoms with E-state index in [1.54, 1.807) is 6.07 Å². The maximum atomic E-state index is 13.5. The SMILES string of the molecule is CCc1ccc(-c2cc(F)ccc2C(C)=O)cc1CC. The fourth-order valence-corrected chi connectivity index (χ4v) is 2.53. The molecule has 0 aliphatic rings. The second-order valence-electron chi connectivity index (χ2n) is 4.94. The molecule has 2 aromatic carbocycles. The van der Waals surface area contributed by atoms with E-state index in [0.29, 0.717) is 11.1 Å². The summed E-state index contributed by atoms with van der Waals surface area (Å²) >= 11 is 0. The van der Waals surface area contributed by atoms with E-state index in [-0.39, 0.29) is 11.6 Å². The van der Waals surface area contributed by atoms with E-state index in [1.807, 2.05) is 6.07 Å². The number of Topliss-reactive ketones (excluding diaryl/α,β-unsaturated/α-hetero) is 1. The Balaban J connectivity index is 2.61. The van der Waals surface area contributed by atoms with Crippen LogP contribution in [0.2, 0.25) is 0 Å². The lowest BCUT2D eigenvalue weighted by molar-refractivity contribution is 0.101. The van der Waals surface area contributed by atoms with Crippen LogP contribution < -0.4 is 0 Å². The van der Waals surface area contributed by atoms with Gasteiger partial charge >= 0.3 is 0 Å². The molecule has 0 atom stereocenters. The molecule has 0 aromatic heterocycles. The molecule has 0 spiro atoms. The summed E-state index contributed by atoms with van der Waals surface area (Å²) in [4.78, 5) is 11.7. The van der Waals surface area contributed by atoms with Crippen molar-refractivity contribution >= 4 is 5.78 Å². The second-order valence-corrected chi connectivity index (χ2v) is 4.94. The Bertz CT molecular complexity index is 644. The lowest BCUT2D eigenvalue weighted by Crippen LogP contribution is -1.98. The molecule has 0 unspecified atom stereocenters. The summed E-state index contributed by atoms with van der Waals surface area (Å²) in [5.41, 5.74) is 4.71. The summed E-state index contributed by atoms with van der Waals surface area (Å²) in [6.45, 7) is 5.74. The van der Waals surface area contributed by atoms with Crippen LogP contribution in [0.4, 0.5) is 4.39 Å². The molecular formula is C18H19FO. The highest BCUT2D eigenvalue weighted by molar-refractivity contribution is 6.00. The van der Waals surface area contributed by atoms with Gasteiger partial charge in [-0.2, -0.15) is 0 Å². The van der Waals surface area contributed by atoms with Crippen molar-refractivity contribution in [2.24, 2.45) is 0 Å². The molecular weight excluding hydrogens is 251 g/mol. The molecule has 0 saturated heterocycles. The molecule has 0 saturated carbocycles. The Kier molecular flexibility index (Phi) is 4.33. The molecule has 104 valence electrons. The predicted octanol–water partition coefficient (Wildman–Crippen LogP) is 4.82. The number of rotatable bonds is 4. The molecule has 0 radical (unpaired) electrons. The lowest BCUT2D eigenvalue weighted by atomic mass is 9.93. The first kappa shape index (κ1) is 14.4. The molecule has 2 heteroatoms. The van der Waals surface area contributed by atoms with Crippen LogP contribution in [-0.2, 0) is 12.8 Å². The number of halogens is 1. The minimum absolute atomic E-state index is 0.0439. The van der Waals surface area contributed by atoms with Crippen molar-refractivity contribution in [1.29, 1.82) is 0 Å². The molecule has 2 aromatic rings. The van der Waals surface area contributed by atoms with E-state index in [1.165, 1.54) is 30.2 Å². The minimum atomic E-state index is -0.317. The fraction of sp³-hybridized carbons (Fsp3) is 0.278. The number of aryl methyl sites for hydroxylation is 2. The molecule has 0 aliphatic carbocycles. The average molecular weight is 270 g/mol. The van der Waals surface area contributed by atoms with Gasteiger partial charge in [0.1, 0.15) is 5.82 Å². The van der Waals surface area contributed by atoms with E-state index < -0.39 is 0 Å². The zero-order valence-electron chi connectivity index (χ0n) is 12.2. The van der Waals surface area contributed by atoms with Gasteiger partial charge in [-0.1, -0.05) is 32.0 Å². The number of carbonyl (C=O) groups is 1. The average Bonchev–Trinajstić information content (AvgIpc) is 2.46. The van der Waals surface area contributed by atoms with Crippen molar-refractivity contribution in [3.8, 4) is 11.1 Å². The molecule has 2 rings (SSSR count). The predicted molar refractivity (Wildman–Crippen MR) is 80.6 cm³/mol. The quantitative estimate of drug-likeness (QED) is 0.728. The molecule has 0 aliphatic heterocycles. The van der Waals surface area contributed by atoms with Gasteiger partial charge in [0.25, 0.3) is 0 Å². The summed E-state index contributed by atoms with van der Waals surface area (Å²) in [6.07, 6.45) is 1.91. The summed E-state index contributed by atoms with van der Waals surface area (Å²) in [5.74, 6) is -0.361. The fourth-order valence-electron chi connectivity index (χ4n) is 2.53. The third kappa shape index (κ3) is 2.79. The van der Waals surface area contributed by atoms with E-state index in [2.05, 4.69) is 26.0 Å². The molecule has 0 N–H and O–H groups in total. The van der Waals surface area contributed by atoms with E-state index in [0.717, 1.165) is 18.4 Å². The Labute approximate surface area is 119 Å². The highest BCUT2D eigenvalue weighted by atomic mass is 19.1. The van der Waals surface area contributed by atoms with Gasteiger partial charge in [0.05, 0.1) is 0 Å². The third-order valence-electron chi connectivity index (χ3n) is 3.64. The second kappa shape index (κ2) is 6.00. The van der Waals surface area contributed by atoms with Crippen LogP contribution in [0, 0.1) is 5.82 Å². The smallest absolute Gasteiger partial charge is 0.160 e. The Morgan fingerprint density at radius 3 is 2.30 bits per heavy atom. The Morgan fingerprint density at radius 1 is 1.00 bits per heavy atom. The number of carbonyl (C=O) groups excluding carboxylic acids is 1. The highest BCUT2D eigenvalue weighted by Gasteiger charge is 2.11. The summed E-state index contributed by atoms with van der Waals surface area (Å²) in [6, 6.07) is 10.5. The van der Waals surface area contributed by atoms with Crippen molar-refractivity contribution < 1.29 is 9.18 Å². The maximum absolute atomic E-state index is 13.5. The van der Waals surface area contributed by atoms with Gasteiger partial charge in [0.15, 0.2) is 5.78 Å². The molecule has 0 fully saturated rings. The lowest BCUT2D eigenvalue weighted by Gasteiger charge is -2.12. The normalized spacial score (nSPS) is 10.6. The highest BCUT2D eigenvalue weighted by Crippen LogP contribution is 2.28. The van der Waals surface area contributed by atoms with Crippen LogP contribution in [0.5, 0.6) is 0 Å².